The number of amides is 2. The molecule has 0 aliphatic carbocycles. The van der Waals surface area contributed by atoms with E-state index in [2.05, 4.69) is 21.2 Å². The maximum atomic E-state index is 14.2. The molecule has 4 aromatic carbocycles. The molecule has 0 unspecified atom stereocenters. The molecule has 0 spiro atoms. The average Bonchev–Trinajstić information content (AvgIpc) is 3.02. The zero-order valence-corrected chi connectivity index (χ0v) is 25.6. The normalized spacial score (nSPS) is 11.8. The molecule has 1 N–H and O–H groups in total. The summed E-state index contributed by atoms with van der Waals surface area (Å²) in [5, 5.41) is 13.9. The number of nitrogens with one attached hydrogen (secondary N) is 1. The summed E-state index contributed by atoms with van der Waals surface area (Å²) in [6.07, 6.45) is 0.186. The van der Waals surface area contributed by atoms with Crippen molar-refractivity contribution in [1.82, 2.24) is 10.2 Å². The summed E-state index contributed by atoms with van der Waals surface area (Å²) in [5.41, 5.74) is 1.37. The molecule has 0 aliphatic rings. The Hall–Kier alpha value is -4.55. The molecule has 10 nitrogen and oxygen atoms in total. The molecule has 4 rings (SSSR count). The van der Waals surface area contributed by atoms with Gasteiger partial charge in [-0.3, -0.25) is 24.0 Å². The van der Waals surface area contributed by atoms with E-state index in [4.69, 9.17) is 0 Å². The molecule has 0 radical (unpaired) electrons. The van der Waals surface area contributed by atoms with Gasteiger partial charge in [0.1, 0.15) is 12.6 Å². The SMILES string of the molecule is CNC(=O)[C@@H](Cc1ccccc1)N(Cc1ccc(Br)cc1)C(=O)CN(c1ccc([N+](=O)[O-])cc1)S(=O)(=O)c1ccccc1. The van der Waals surface area contributed by atoms with Gasteiger partial charge in [0.2, 0.25) is 11.8 Å². The summed E-state index contributed by atoms with van der Waals surface area (Å²) in [6, 6.07) is 28.0. The predicted octanol–water partition coefficient (Wildman–Crippen LogP) is 4.94. The van der Waals surface area contributed by atoms with Gasteiger partial charge in [0, 0.05) is 36.6 Å². The molecule has 0 aliphatic heterocycles. The second-order valence-corrected chi connectivity index (χ2v) is 12.3. The van der Waals surface area contributed by atoms with Crippen LogP contribution in [-0.2, 0) is 32.6 Å². The minimum Gasteiger partial charge on any atom is -0.357 e. The molecule has 0 aromatic heterocycles. The summed E-state index contributed by atoms with van der Waals surface area (Å²) in [6.45, 7) is -0.635. The van der Waals surface area contributed by atoms with Gasteiger partial charge in [-0.25, -0.2) is 8.42 Å². The van der Waals surface area contributed by atoms with Crippen LogP contribution in [0.15, 0.2) is 119 Å². The highest BCUT2D eigenvalue weighted by molar-refractivity contribution is 9.10. The molecule has 0 fully saturated rings. The van der Waals surface area contributed by atoms with Crippen LogP contribution in [0, 0.1) is 10.1 Å². The van der Waals surface area contributed by atoms with E-state index in [0.29, 0.717) is 0 Å². The fraction of sp³-hybridized carbons (Fsp3) is 0.161. The monoisotopic (exact) mass is 664 g/mol. The largest absolute Gasteiger partial charge is 0.357 e. The van der Waals surface area contributed by atoms with Gasteiger partial charge in [-0.15, -0.1) is 0 Å². The van der Waals surface area contributed by atoms with Crippen molar-refractivity contribution in [3.05, 3.63) is 135 Å². The maximum Gasteiger partial charge on any atom is 0.269 e. The topological polar surface area (TPSA) is 130 Å². The second kappa shape index (κ2) is 14.1. The number of nitrogens with zero attached hydrogens (tertiary/aromatic N) is 3. The summed E-state index contributed by atoms with van der Waals surface area (Å²) in [7, 11) is -2.82. The Bertz CT molecular complexity index is 1670. The zero-order valence-electron chi connectivity index (χ0n) is 23.2. The molecule has 2 amide bonds. The summed E-state index contributed by atoms with van der Waals surface area (Å²) >= 11 is 3.40. The van der Waals surface area contributed by atoms with Crippen molar-refractivity contribution in [3.8, 4) is 0 Å². The lowest BCUT2D eigenvalue weighted by Crippen LogP contribution is -2.53. The van der Waals surface area contributed by atoms with Crippen LogP contribution >= 0.6 is 15.9 Å². The van der Waals surface area contributed by atoms with Crippen molar-refractivity contribution in [3.63, 3.8) is 0 Å². The Kier molecular flexibility index (Phi) is 10.3. The number of benzene rings is 4. The van der Waals surface area contributed by atoms with Crippen LogP contribution in [0.1, 0.15) is 11.1 Å². The van der Waals surface area contributed by atoms with Crippen molar-refractivity contribution in [2.24, 2.45) is 0 Å². The number of carbonyl (C=O) groups is 2. The molecule has 43 heavy (non-hydrogen) atoms. The van der Waals surface area contributed by atoms with E-state index < -0.39 is 39.3 Å². The number of anilines is 1. The Labute approximate surface area is 258 Å². The molecule has 4 aromatic rings. The van der Waals surface area contributed by atoms with Gasteiger partial charge in [0.05, 0.1) is 15.5 Å². The minimum absolute atomic E-state index is 0.0243. The number of nitro benzene ring substituents is 1. The number of rotatable bonds is 12. The number of nitro groups is 1. The van der Waals surface area contributed by atoms with Crippen LogP contribution in [0.3, 0.4) is 0 Å². The van der Waals surface area contributed by atoms with Gasteiger partial charge in [-0.2, -0.15) is 0 Å². The van der Waals surface area contributed by atoms with Gasteiger partial charge in [-0.1, -0.05) is 76.6 Å². The van der Waals surface area contributed by atoms with Gasteiger partial charge in [0.25, 0.3) is 15.7 Å². The van der Waals surface area contributed by atoms with Crippen LogP contribution in [0.25, 0.3) is 0 Å². The van der Waals surface area contributed by atoms with E-state index in [9.17, 15) is 28.1 Å². The first-order valence-corrected chi connectivity index (χ1v) is 15.4. The van der Waals surface area contributed by atoms with Crippen molar-refractivity contribution in [2.45, 2.75) is 23.9 Å². The summed E-state index contributed by atoms with van der Waals surface area (Å²) in [4.78, 5) is 39.5. The fourth-order valence-corrected chi connectivity index (χ4v) is 6.20. The number of hydrogen-bond donors (Lipinski definition) is 1. The first kappa shape index (κ1) is 31.4. The Morgan fingerprint density at radius 2 is 1.44 bits per heavy atom. The molecule has 1 atom stereocenters. The van der Waals surface area contributed by atoms with Crippen LogP contribution in [-0.4, -0.2) is 49.7 Å². The number of halogens is 1. The highest BCUT2D eigenvalue weighted by Crippen LogP contribution is 2.27. The first-order valence-electron chi connectivity index (χ1n) is 13.2. The molecule has 0 saturated carbocycles. The van der Waals surface area contributed by atoms with Gasteiger partial charge >= 0.3 is 0 Å². The highest BCUT2D eigenvalue weighted by Gasteiger charge is 2.34. The molecule has 222 valence electrons. The van der Waals surface area contributed by atoms with Crippen LogP contribution < -0.4 is 9.62 Å². The predicted molar refractivity (Wildman–Crippen MR) is 167 cm³/mol. The summed E-state index contributed by atoms with van der Waals surface area (Å²) in [5.74, 6) is -1.05. The maximum absolute atomic E-state index is 14.2. The number of carbonyl (C=O) groups excluding carboxylic acids is 2. The average molecular weight is 666 g/mol. The third-order valence-electron chi connectivity index (χ3n) is 6.74. The van der Waals surface area contributed by atoms with E-state index in [1.807, 2.05) is 54.6 Å². The molecular formula is C31H29BrN4O6S. The zero-order chi connectivity index (χ0) is 31.0. The minimum atomic E-state index is -4.30. The number of non-ortho nitro benzene ring substituents is 1. The Balaban J connectivity index is 1.78. The van der Waals surface area contributed by atoms with Gasteiger partial charge in [-0.05, 0) is 47.5 Å². The van der Waals surface area contributed by atoms with E-state index in [1.54, 1.807) is 18.2 Å². The highest BCUT2D eigenvalue weighted by atomic mass is 79.9. The second-order valence-electron chi connectivity index (χ2n) is 9.57. The Morgan fingerprint density at radius 1 is 0.860 bits per heavy atom. The van der Waals surface area contributed by atoms with E-state index in [-0.39, 0.29) is 29.2 Å². The number of sulfonamides is 1. The van der Waals surface area contributed by atoms with Crippen molar-refractivity contribution in [2.75, 3.05) is 17.9 Å². The third kappa shape index (κ3) is 7.85. The Morgan fingerprint density at radius 3 is 2.00 bits per heavy atom. The van der Waals surface area contributed by atoms with Gasteiger partial charge in [0.15, 0.2) is 0 Å². The lowest BCUT2D eigenvalue weighted by atomic mass is 10.0. The first-order chi connectivity index (χ1) is 20.6. The standard InChI is InChI=1S/C31H29BrN4O6S/c1-33-31(38)29(20-23-8-4-2-5-9-23)34(21-24-12-14-25(32)15-13-24)30(37)22-35(26-16-18-27(19-17-26)36(39)40)43(41,42)28-10-6-3-7-11-28/h2-19,29H,20-22H2,1H3,(H,33,38)/t29-/m1/s1. The summed E-state index contributed by atoms with van der Waals surface area (Å²) < 4.78 is 29.5. The number of hydrogen-bond acceptors (Lipinski definition) is 6. The van der Waals surface area contributed by atoms with E-state index >= 15 is 0 Å². The molecular weight excluding hydrogens is 636 g/mol. The molecule has 12 heteroatoms. The van der Waals surface area contributed by atoms with E-state index in [1.165, 1.54) is 48.3 Å². The fourth-order valence-electron chi connectivity index (χ4n) is 4.50. The quantitative estimate of drug-likeness (QED) is 0.169. The number of likely N-dealkylation sites (N-methyl/N-ethyl adjacent to an activating group) is 1. The van der Waals surface area contributed by atoms with Crippen molar-refractivity contribution < 1.29 is 22.9 Å². The molecule has 0 bridgehead atoms. The van der Waals surface area contributed by atoms with Crippen molar-refractivity contribution in [1.29, 1.82) is 0 Å². The molecule has 0 saturated heterocycles. The smallest absolute Gasteiger partial charge is 0.269 e. The van der Waals surface area contributed by atoms with Gasteiger partial charge < -0.3 is 10.2 Å². The van der Waals surface area contributed by atoms with Crippen LogP contribution in [0.4, 0.5) is 11.4 Å². The van der Waals surface area contributed by atoms with Crippen molar-refractivity contribution >= 4 is 49.1 Å². The van der Waals surface area contributed by atoms with E-state index in [0.717, 1.165) is 19.9 Å². The molecule has 0 heterocycles. The lowest BCUT2D eigenvalue weighted by molar-refractivity contribution is -0.384. The third-order valence-corrected chi connectivity index (χ3v) is 9.06. The van der Waals surface area contributed by atoms with Crippen LogP contribution in [0.2, 0.25) is 0 Å². The van der Waals surface area contributed by atoms with Crippen LogP contribution in [0.5, 0.6) is 0 Å². The lowest BCUT2D eigenvalue weighted by Gasteiger charge is -2.33.